The first kappa shape index (κ1) is 30.2. The second kappa shape index (κ2) is 11.8. The zero-order chi connectivity index (χ0) is 27.9. The number of phenols is 2. The van der Waals surface area contributed by atoms with Crippen LogP contribution in [0.5, 0.6) is 11.5 Å². The Hall–Kier alpha value is -3.33. The maximum atomic E-state index is 10.2. The number of aryl methyl sites for hydroxylation is 8. The van der Waals surface area contributed by atoms with Gasteiger partial charge in [0.1, 0.15) is 22.7 Å². The zero-order valence-electron chi connectivity index (χ0n) is 23.2. The van der Waals surface area contributed by atoms with Crippen LogP contribution in [0.25, 0.3) is 33.1 Å². The maximum absolute atomic E-state index is 10.2. The molecule has 0 bridgehead atoms. The summed E-state index contributed by atoms with van der Waals surface area (Å²) in [5.74, 6) is 0.474. The van der Waals surface area contributed by atoms with Crippen LogP contribution in [0.4, 0.5) is 0 Å². The summed E-state index contributed by atoms with van der Waals surface area (Å²) in [5.41, 5.74) is 11.4. The Morgan fingerprint density at radius 2 is 0.821 bits per heavy atom. The van der Waals surface area contributed by atoms with Gasteiger partial charge in [-0.3, -0.25) is 0 Å². The molecule has 206 valence electrons. The highest BCUT2D eigenvalue weighted by Crippen LogP contribution is 2.41. The lowest BCUT2D eigenvalue weighted by atomic mass is 9.95. The van der Waals surface area contributed by atoms with Crippen molar-refractivity contribution in [2.75, 3.05) is 0 Å². The van der Waals surface area contributed by atoms with Gasteiger partial charge in [-0.2, -0.15) is 0 Å². The van der Waals surface area contributed by atoms with Gasteiger partial charge in [-0.1, -0.05) is 31.7 Å². The van der Waals surface area contributed by atoms with Gasteiger partial charge < -0.3 is 18.6 Å². The highest BCUT2D eigenvalue weighted by Gasteiger charge is 2.14. The van der Waals surface area contributed by atoms with Crippen molar-refractivity contribution in [3.05, 3.63) is 93.0 Å². The summed E-state index contributed by atoms with van der Waals surface area (Å²) in [4.78, 5) is 0. The molecule has 39 heavy (non-hydrogen) atoms. The molecule has 0 amide bonds. The summed E-state index contributed by atoms with van der Waals surface area (Å²) < 4.78 is 11.7. The molecule has 0 saturated heterocycles. The fourth-order valence-electron chi connectivity index (χ4n) is 5.04. The third-order valence-electron chi connectivity index (χ3n) is 6.63. The number of fused-ring (bicyclic) bond motifs is 3. The standard InChI is InChI=1S/C16H16ClO2P.C16H18O2.CH4/c1-9-5-11(3)15-13(7-9)14-8-10(2)6-12(4)16(14)19-20(17)18-15;1-9-5-11(3)15(17)13(7-9)14-8-10(2)6-12(4)16(14)18;/h5-8H,1-4H3;5-8,17-18H,1-4H3;1H4. The number of benzene rings is 4. The topological polar surface area (TPSA) is 66.7 Å². The van der Waals surface area contributed by atoms with Crippen LogP contribution in [-0.2, 0) is 0 Å². The summed E-state index contributed by atoms with van der Waals surface area (Å²) in [5, 5.41) is 22.5. The first-order valence-corrected chi connectivity index (χ1v) is 14.6. The molecule has 0 aliphatic rings. The number of aromatic hydroxyl groups is 2. The third kappa shape index (κ3) is 6.30. The van der Waals surface area contributed by atoms with E-state index in [9.17, 15) is 10.2 Å². The van der Waals surface area contributed by atoms with Gasteiger partial charge in [-0.05, 0) is 124 Å². The lowest BCUT2D eigenvalue weighted by Gasteiger charge is -2.13. The molecule has 5 aromatic rings. The van der Waals surface area contributed by atoms with Crippen molar-refractivity contribution in [1.82, 2.24) is 0 Å². The molecule has 0 unspecified atom stereocenters. The van der Waals surface area contributed by atoms with Gasteiger partial charge in [0.25, 0.3) is 0 Å². The minimum absolute atomic E-state index is 0. The van der Waals surface area contributed by atoms with Crippen LogP contribution in [0.15, 0.2) is 56.9 Å². The van der Waals surface area contributed by atoms with Gasteiger partial charge >= 0.3 is 7.37 Å². The fourth-order valence-corrected chi connectivity index (χ4v) is 6.27. The number of hydrogen-bond donors (Lipinski definition) is 2. The van der Waals surface area contributed by atoms with Gasteiger partial charge in [0.15, 0.2) is 0 Å². The van der Waals surface area contributed by atoms with Crippen LogP contribution in [0.3, 0.4) is 0 Å². The van der Waals surface area contributed by atoms with E-state index in [0.29, 0.717) is 11.1 Å². The Balaban J connectivity index is 0.000000211. The molecule has 0 atom stereocenters. The van der Waals surface area contributed by atoms with Gasteiger partial charge in [0, 0.05) is 33.1 Å². The van der Waals surface area contributed by atoms with Gasteiger partial charge in [-0.15, -0.1) is 0 Å². The van der Waals surface area contributed by atoms with E-state index >= 15 is 0 Å². The van der Waals surface area contributed by atoms with Crippen molar-refractivity contribution in [3.63, 3.8) is 0 Å². The molecule has 0 saturated carbocycles. The molecule has 5 rings (SSSR count). The van der Waals surface area contributed by atoms with Crippen molar-refractivity contribution in [2.45, 2.75) is 62.8 Å². The monoisotopic (exact) mass is 564 g/mol. The van der Waals surface area contributed by atoms with Crippen LogP contribution in [0.2, 0.25) is 0 Å². The van der Waals surface area contributed by atoms with Gasteiger partial charge in [0.05, 0.1) is 0 Å². The molecule has 1 heterocycles. The predicted molar refractivity (Wildman–Crippen MR) is 167 cm³/mol. The largest absolute Gasteiger partial charge is 0.507 e. The first-order chi connectivity index (χ1) is 17.8. The summed E-state index contributed by atoms with van der Waals surface area (Å²) in [6, 6.07) is 16.1. The molecule has 0 spiro atoms. The third-order valence-corrected chi connectivity index (χ3v) is 7.70. The second-order valence-corrected chi connectivity index (χ2v) is 11.9. The molecule has 4 aromatic carbocycles. The van der Waals surface area contributed by atoms with E-state index in [4.69, 9.17) is 19.6 Å². The Bertz CT molecular complexity index is 1610. The Morgan fingerprint density at radius 1 is 0.513 bits per heavy atom. The SMILES string of the molecule is C.Cc1cc(C)c(O)c(-c2cc(C)cc(C)c2O)c1.Cc1cc(C)c2op(Cl)oc3c(C)cc(C)cc3c2c1. The molecule has 6 heteroatoms. The lowest BCUT2D eigenvalue weighted by Crippen LogP contribution is -1.89. The second-order valence-electron chi connectivity index (χ2n) is 10.3. The average Bonchev–Trinajstić information content (AvgIpc) is 2.96. The number of hydrogen-bond acceptors (Lipinski definition) is 4. The summed E-state index contributed by atoms with van der Waals surface area (Å²) in [6.45, 7) is 16.0. The Labute approximate surface area is 237 Å². The van der Waals surface area contributed by atoms with Crippen LogP contribution in [0.1, 0.15) is 51.9 Å². The van der Waals surface area contributed by atoms with Gasteiger partial charge in [-0.25, -0.2) is 0 Å². The van der Waals surface area contributed by atoms with E-state index in [0.717, 1.165) is 55.3 Å². The predicted octanol–water partition coefficient (Wildman–Crippen LogP) is 11.2. The van der Waals surface area contributed by atoms with Crippen molar-refractivity contribution >= 4 is 40.5 Å². The molecule has 1 aromatic heterocycles. The highest BCUT2D eigenvalue weighted by molar-refractivity contribution is 7.68. The minimum Gasteiger partial charge on any atom is -0.507 e. The van der Waals surface area contributed by atoms with E-state index in [1.807, 2.05) is 65.8 Å². The summed E-state index contributed by atoms with van der Waals surface area (Å²) >= 11 is 6.22. The fraction of sp³-hybridized carbons (Fsp3) is 0.273. The molecule has 2 N–H and O–H groups in total. The molecule has 0 fully saturated rings. The van der Waals surface area contributed by atoms with E-state index < -0.39 is 7.37 Å². The van der Waals surface area contributed by atoms with E-state index in [1.54, 1.807) is 0 Å². The molecule has 0 radical (unpaired) electrons. The van der Waals surface area contributed by atoms with Crippen LogP contribution < -0.4 is 0 Å². The van der Waals surface area contributed by atoms with E-state index in [-0.39, 0.29) is 18.9 Å². The molecule has 4 nitrogen and oxygen atoms in total. The number of phenolic OH excluding ortho intramolecular Hbond substituents is 2. The number of rotatable bonds is 1. The molecular formula is C33H38ClO4P. The minimum atomic E-state index is -1.47. The maximum Gasteiger partial charge on any atom is 0.327 e. The normalized spacial score (nSPS) is 10.7. The van der Waals surface area contributed by atoms with Crippen molar-refractivity contribution < 1.29 is 18.6 Å². The van der Waals surface area contributed by atoms with E-state index in [2.05, 4.69) is 38.1 Å². The van der Waals surface area contributed by atoms with Crippen molar-refractivity contribution in [2.24, 2.45) is 0 Å². The molecule has 0 aliphatic carbocycles. The lowest BCUT2D eigenvalue weighted by molar-refractivity contribution is 0.465. The van der Waals surface area contributed by atoms with Gasteiger partial charge in [0.2, 0.25) is 0 Å². The molecular weight excluding hydrogens is 527 g/mol. The highest BCUT2D eigenvalue weighted by atomic mass is 35.7. The van der Waals surface area contributed by atoms with Crippen molar-refractivity contribution in [3.8, 4) is 22.6 Å². The van der Waals surface area contributed by atoms with Crippen LogP contribution >= 0.6 is 18.6 Å². The smallest absolute Gasteiger partial charge is 0.327 e. The summed E-state index contributed by atoms with van der Waals surface area (Å²) in [6.07, 6.45) is 0. The molecule has 0 aliphatic heterocycles. The average molecular weight is 565 g/mol. The van der Waals surface area contributed by atoms with Crippen LogP contribution in [-0.4, -0.2) is 10.2 Å². The summed E-state index contributed by atoms with van der Waals surface area (Å²) in [7, 11) is -1.47. The van der Waals surface area contributed by atoms with E-state index in [1.165, 1.54) is 11.1 Å². The first-order valence-electron chi connectivity index (χ1n) is 12.5. The number of halogens is 1. The Morgan fingerprint density at radius 3 is 1.18 bits per heavy atom. The zero-order valence-corrected chi connectivity index (χ0v) is 24.8. The van der Waals surface area contributed by atoms with Crippen LogP contribution in [0, 0.1) is 55.4 Å². The Kier molecular flexibility index (Phi) is 9.16. The quantitative estimate of drug-likeness (QED) is 0.212. The van der Waals surface area contributed by atoms with Crippen molar-refractivity contribution in [1.29, 1.82) is 0 Å².